The molecule has 0 aliphatic carbocycles. The molecule has 0 aliphatic rings. The average molecular weight is 300 g/mol. The van der Waals surface area contributed by atoms with Crippen LogP contribution in [0, 0.1) is 0 Å². The lowest BCUT2D eigenvalue weighted by Crippen LogP contribution is -2.12. The fraction of sp³-hybridized carbons (Fsp3) is 0.500. The first-order valence-corrected chi connectivity index (χ1v) is 6.93. The smallest absolute Gasteiger partial charge is 0.333 e. The lowest BCUT2D eigenvalue weighted by atomic mass is 10.4. The van der Waals surface area contributed by atoms with Gasteiger partial charge in [0.2, 0.25) is 0 Å². The average Bonchev–Trinajstić information content (AvgIpc) is 2.25. The molecule has 17 heavy (non-hydrogen) atoms. The Hall–Kier alpha value is -0.630. The Bertz CT molecular complexity index is 484. The van der Waals surface area contributed by atoms with Gasteiger partial charge >= 0.3 is 10.1 Å². The first-order chi connectivity index (χ1) is 7.88. The van der Waals surface area contributed by atoms with Crippen molar-refractivity contribution in [2.24, 2.45) is 0 Å². The number of hydrogen-bond donors (Lipinski definition) is 1. The Morgan fingerprint density at radius 2 is 1.82 bits per heavy atom. The molecular weight excluding hydrogens is 289 g/mol. The summed E-state index contributed by atoms with van der Waals surface area (Å²) >= 11 is 11.2. The van der Waals surface area contributed by atoms with Gasteiger partial charge in [0, 0.05) is 0 Å². The minimum Gasteiger partial charge on any atom is -0.394 e. The molecule has 0 aliphatic heterocycles. The fourth-order valence-corrected chi connectivity index (χ4v) is 2.21. The molecule has 1 aromatic rings. The van der Waals surface area contributed by atoms with Crippen LogP contribution in [-0.4, -0.2) is 25.0 Å². The molecule has 0 amide bonds. The van der Waals surface area contributed by atoms with Crippen LogP contribution in [0.5, 0.6) is 0 Å². The van der Waals surface area contributed by atoms with Crippen LogP contribution in [-0.2, 0) is 14.3 Å². The first kappa shape index (κ1) is 14.4. The minimum atomic E-state index is -4.04. The van der Waals surface area contributed by atoms with Gasteiger partial charge in [-0.3, -0.25) is 4.18 Å². The molecular formula is C8H11Cl2N3O3S. The largest absolute Gasteiger partial charge is 0.394 e. The van der Waals surface area contributed by atoms with Crippen LogP contribution in [0.3, 0.4) is 0 Å². The monoisotopic (exact) mass is 299 g/mol. The summed E-state index contributed by atoms with van der Waals surface area (Å²) in [6.45, 7) is 1.96. The van der Waals surface area contributed by atoms with E-state index in [4.69, 9.17) is 33.1 Å². The highest BCUT2D eigenvalue weighted by Crippen LogP contribution is 2.25. The van der Waals surface area contributed by atoms with Gasteiger partial charge in [0.25, 0.3) is 5.16 Å². The number of nitrogens with zero attached hydrogens (tertiary/aromatic N) is 2. The zero-order chi connectivity index (χ0) is 13.1. The van der Waals surface area contributed by atoms with Gasteiger partial charge in [-0.1, -0.05) is 36.5 Å². The van der Waals surface area contributed by atoms with Crippen molar-refractivity contribution in [1.82, 2.24) is 9.97 Å². The van der Waals surface area contributed by atoms with Gasteiger partial charge in [0.15, 0.2) is 10.3 Å². The number of nitrogens with two attached hydrogens (primary N) is 1. The molecule has 0 spiro atoms. The molecule has 0 aromatic carbocycles. The summed E-state index contributed by atoms with van der Waals surface area (Å²) in [6, 6.07) is 0. The van der Waals surface area contributed by atoms with Crippen LogP contribution in [0.15, 0.2) is 5.16 Å². The lowest BCUT2D eigenvalue weighted by Gasteiger charge is -2.05. The topological polar surface area (TPSA) is 95.2 Å². The molecule has 0 unspecified atom stereocenters. The van der Waals surface area contributed by atoms with Gasteiger partial charge in [0.05, 0.1) is 6.61 Å². The molecule has 2 N–H and O–H groups in total. The zero-order valence-electron chi connectivity index (χ0n) is 8.98. The van der Waals surface area contributed by atoms with E-state index in [9.17, 15) is 8.42 Å². The van der Waals surface area contributed by atoms with Gasteiger partial charge in [-0.25, -0.2) is 9.97 Å². The second-order valence-electron chi connectivity index (χ2n) is 3.13. The SMILES string of the molecule is CCCCOS(=O)(=O)c1nc(Cl)c(N)c(Cl)n1. The second kappa shape index (κ2) is 5.81. The van der Waals surface area contributed by atoms with Crippen molar-refractivity contribution in [3.8, 4) is 0 Å². The number of hydrogen-bond acceptors (Lipinski definition) is 6. The maximum atomic E-state index is 11.6. The van der Waals surface area contributed by atoms with Crippen molar-refractivity contribution in [2.45, 2.75) is 24.9 Å². The van der Waals surface area contributed by atoms with E-state index in [2.05, 4.69) is 9.97 Å². The standard InChI is InChI=1S/C8H11Cl2N3O3S/c1-2-3-4-16-17(14,15)8-12-6(9)5(11)7(10)13-8/h2-4,11H2,1H3. The van der Waals surface area contributed by atoms with Crippen molar-refractivity contribution < 1.29 is 12.6 Å². The molecule has 1 aromatic heterocycles. The zero-order valence-corrected chi connectivity index (χ0v) is 11.3. The third kappa shape index (κ3) is 3.67. The van der Waals surface area contributed by atoms with Crippen LogP contribution >= 0.6 is 23.2 Å². The summed E-state index contributed by atoms with van der Waals surface area (Å²) in [7, 11) is -4.04. The predicted molar refractivity (Wildman–Crippen MR) is 64.5 cm³/mol. The maximum Gasteiger partial charge on any atom is 0.333 e. The van der Waals surface area contributed by atoms with Crippen molar-refractivity contribution >= 4 is 39.0 Å². The quantitative estimate of drug-likeness (QED) is 0.386. The molecule has 0 atom stereocenters. The van der Waals surface area contributed by atoms with E-state index in [-0.39, 0.29) is 22.6 Å². The highest BCUT2D eigenvalue weighted by Gasteiger charge is 2.22. The molecule has 1 rings (SSSR count). The van der Waals surface area contributed by atoms with Gasteiger partial charge < -0.3 is 5.73 Å². The molecule has 0 bridgehead atoms. The van der Waals surface area contributed by atoms with E-state index in [1.807, 2.05) is 6.92 Å². The van der Waals surface area contributed by atoms with Crippen molar-refractivity contribution in [2.75, 3.05) is 12.3 Å². The van der Waals surface area contributed by atoms with Crippen LogP contribution in [0.4, 0.5) is 5.69 Å². The van der Waals surface area contributed by atoms with E-state index in [0.29, 0.717) is 6.42 Å². The number of halogens is 2. The molecule has 0 saturated heterocycles. The summed E-state index contributed by atoms with van der Waals surface area (Å²) in [5.74, 6) is 0. The number of unbranched alkanes of at least 4 members (excludes halogenated alkanes) is 1. The van der Waals surface area contributed by atoms with E-state index in [0.717, 1.165) is 6.42 Å². The summed E-state index contributed by atoms with van der Waals surface area (Å²) in [4.78, 5) is 7.03. The van der Waals surface area contributed by atoms with E-state index in [1.54, 1.807) is 0 Å². The summed E-state index contributed by atoms with van der Waals surface area (Å²) in [6.07, 6.45) is 1.41. The minimum absolute atomic E-state index is 0.0573. The van der Waals surface area contributed by atoms with Gasteiger partial charge in [-0.05, 0) is 6.42 Å². The third-order valence-electron chi connectivity index (χ3n) is 1.79. The highest BCUT2D eigenvalue weighted by molar-refractivity contribution is 7.86. The van der Waals surface area contributed by atoms with Gasteiger partial charge in [-0.2, -0.15) is 8.42 Å². The second-order valence-corrected chi connectivity index (χ2v) is 5.36. The molecule has 96 valence electrons. The van der Waals surface area contributed by atoms with E-state index >= 15 is 0 Å². The van der Waals surface area contributed by atoms with E-state index < -0.39 is 15.3 Å². The van der Waals surface area contributed by atoms with Crippen LogP contribution in [0.2, 0.25) is 10.3 Å². The fourth-order valence-electron chi connectivity index (χ4n) is 0.876. The first-order valence-electron chi connectivity index (χ1n) is 4.76. The maximum absolute atomic E-state index is 11.6. The lowest BCUT2D eigenvalue weighted by molar-refractivity contribution is 0.307. The molecule has 0 saturated carbocycles. The van der Waals surface area contributed by atoms with Gasteiger partial charge in [-0.15, -0.1) is 0 Å². The number of nitrogen functional groups attached to an aromatic ring is 1. The van der Waals surface area contributed by atoms with Crippen LogP contribution in [0.25, 0.3) is 0 Å². The normalized spacial score (nSPS) is 11.7. The number of anilines is 1. The Labute approximate surface area is 109 Å². The third-order valence-corrected chi connectivity index (χ3v) is 3.48. The van der Waals surface area contributed by atoms with Crippen molar-refractivity contribution in [3.05, 3.63) is 10.3 Å². The van der Waals surface area contributed by atoms with Crippen molar-refractivity contribution in [1.29, 1.82) is 0 Å². The molecule has 1 heterocycles. The Balaban J connectivity index is 2.99. The number of rotatable bonds is 5. The van der Waals surface area contributed by atoms with Crippen LogP contribution < -0.4 is 5.73 Å². The Kier molecular flexibility index (Phi) is 4.93. The Morgan fingerprint density at radius 1 is 1.29 bits per heavy atom. The predicted octanol–water partition coefficient (Wildman–Crippen LogP) is 1.87. The van der Waals surface area contributed by atoms with Gasteiger partial charge in [0.1, 0.15) is 5.69 Å². The number of aromatic nitrogens is 2. The molecule has 0 fully saturated rings. The summed E-state index contributed by atoms with van der Waals surface area (Å²) in [5.41, 5.74) is 5.32. The summed E-state index contributed by atoms with van der Waals surface area (Å²) in [5, 5.41) is -1.02. The van der Waals surface area contributed by atoms with Crippen molar-refractivity contribution in [3.63, 3.8) is 0 Å². The Morgan fingerprint density at radius 3 is 2.29 bits per heavy atom. The molecule has 6 nitrogen and oxygen atoms in total. The highest BCUT2D eigenvalue weighted by atomic mass is 35.5. The summed E-state index contributed by atoms with van der Waals surface area (Å²) < 4.78 is 27.9. The van der Waals surface area contributed by atoms with Crippen LogP contribution in [0.1, 0.15) is 19.8 Å². The molecule has 9 heteroatoms. The van der Waals surface area contributed by atoms with E-state index in [1.165, 1.54) is 0 Å². The molecule has 0 radical (unpaired) electrons.